The number of hydrogen-bond acceptors (Lipinski definition) is 5. The van der Waals surface area contributed by atoms with E-state index in [4.69, 9.17) is 16.7 Å². The van der Waals surface area contributed by atoms with Crippen LogP contribution in [0.25, 0.3) is 0 Å². The second kappa shape index (κ2) is 5.21. The summed E-state index contributed by atoms with van der Waals surface area (Å²) in [4.78, 5) is 10.3. The zero-order chi connectivity index (χ0) is 12.1. The van der Waals surface area contributed by atoms with E-state index in [2.05, 4.69) is 0 Å². The average molecular weight is 220 g/mol. The van der Waals surface area contributed by atoms with Crippen LogP contribution in [0.5, 0.6) is 0 Å². The van der Waals surface area contributed by atoms with E-state index in [1.54, 1.807) is 0 Å². The molecule has 1 unspecified atom stereocenters. The van der Waals surface area contributed by atoms with Crippen molar-refractivity contribution in [2.24, 2.45) is 11.5 Å². The molecule has 0 spiro atoms. The third-order valence-electron chi connectivity index (χ3n) is 2.23. The highest BCUT2D eigenvalue weighted by molar-refractivity contribution is 5.48. The highest BCUT2D eigenvalue weighted by Crippen LogP contribution is 2.26. The van der Waals surface area contributed by atoms with Gasteiger partial charge >= 0.3 is 0 Å². The molecular weight excluding hydrogens is 208 g/mol. The normalized spacial score (nSPS) is 11.8. The Kier molecular flexibility index (Phi) is 3.94. The summed E-state index contributed by atoms with van der Waals surface area (Å²) in [7, 11) is 0. The lowest BCUT2D eigenvalue weighted by Crippen LogP contribution is -2.16. The average Bonchev–Trinajstić information content (AvgIpc) is 2.28. The number of nitriles is 1. The molecule has 0 heterocycles. The van der Waals surface area contributed by atoms with E-state index < -0.39 is 11.0 Å². The van der Waals surface area contributed by atoms with Crippen molar-refractivity contribution in [2.75, 3.05) is 6.54 Å². The molecule has 1 aromatic rings. The van der Waals surface area contributed by atoms with Gasteiger partial charge in [0.05, 0.1) is 16.6 Å². The molecule has 16 heavy (non-hydrogen) atoms. The molecule has 1 rings (SSSR count). The van der Waals surface area contributed by atoms with Crippen molar-refractivity contribution >= 4 is 5.69 Å². The Morgan fingerprint density at radius 1 is 1.56 bits per heavy atom. The minimum Gasteiger partial charge on any atom is -0.330 e. The summed E-state index contributed by atoms with van der Waals surface area (Å²) in [6, 6.07) is 5.63. The molecule has 84 valence electrons. The monoisotopic (exact) mass is 220 g/mol. The fraction of sp³-hybridized carbons (Fsp3) is 0.300. The molecule has 0 amide bonds. The maximum absolute atomic E-state index is 10.8. The fourth-order valence-corrected chi connectivity index (χ4v) is 1.42. The highest BCUT2D eigenvalue weighted by Gasteiger charge is 2.19. The molecule has 0 aliphatic heterocycles. The van der Waals surface area contributed by atoms with Gasteiger partial charge in [-0.25, -0.2) is 0 Å². The lowest BCUT2D eigenvalue weighted by atomic mass is 10.0. The van der Waals surface area contributed by atoms with E-state index in [0.717, 1.165) is 0 Å². The largest absolute Gasteiger partial charge is 0.330 e. The van der Waals surface area contributed by atoms with Gasteiger partial charge in [-0.2, -0.15) is 5.26 Å². The van der Waals surface area contributed by atoms with E-state index in [1.807, 2.05) is 6.07 Å². The van der Waals surface area contributed by atoms with Crippen LogP contribution in [-0.2, 0) is 0 Å². The smallest absolute Gasteiger partial charge is 0.275 e. The van der Waals surface area contributed by atoms with Crippen molar-refractivity contribution in [3.63, 3.8) is 0 Å². The number of rotatable bonds is 4. The van der Waals surface area contributed by atoms with Crippen LogP contribution in [-0.4, -0.2) is 11.5 Å². The summed E-state index contributed by atoms with van der Waals surface area (Å²) >= 11 is 0. The fourth-order valence-electron chi connectivity index (χ4n) is 1.42. The molecule has 0 radical (unpaired) electrons. The minimum atomic E-state index is -0.535. The lowest BCUT2D eigenvalue weighted by molar-refractivity contribution is -0.385. The molecular formula is C10H12N4O2. The van der Waals surface area contributed by atoms with Crippen LogP contribution in [0.15, 0.2) is 18.2 Å². The first kappa shape index (κ1) is 12.1. The zero-order valence-corrected chi connectivity index (χ0v) is 8.59. The number of nitrogens with two attached hydrogens (primary N) is 2. The van der Waals surface area contributed by atoms with Crippen LogP contribution in [0, 0.1) is 21.4 Å². The third-order valence-corrected chi connectivity index (χ3v) is 2.23. The van der Waals surface area contributed by atoms with Crippen molar-refractivity contribution in [3.8, 4) is 6.07 Å². The lowest BCUT2D eigenvalue weighted by Gasteiger charge is -2.10. The van der Waals surface area contributed by atoms with Crippen molar-refractivity contribution in [1.29, 1.82) is 5.26 Å². The predicted octanol–water partition coefficient (Wildman–Crippen LogP) is 0.815. The van der Waals surface area contributed by atoms with Crippen LogP contribution in [0.3, 0.4) is 0 Å². The summed E-state index contributed by atoms with van der Waals surface area (Å²) in [5, 5.41) is 19.5. The Morgan fingerprint density at radius 3 is 2.75 bits per heavy atom. The Hall–Kier alpha value is -1.97. The molecule has 4 N–H and O–H groups in total. The molecule has 0 bridgehead atoms. The van der Waals surface area contributed by atoms with Gasteiger partial charge in [0.15, 0.2) is 0 Å². The first-order valence-corrected chi connectivity index (χ1v) is 4.74. The van der Waals surface area contributed by atoms with Crippen LogP contribution in [0.1, 0.15) is 23.6 Å². The van der Waals surface area contributed by atoms with Gasteiger partial charge in [0.2, 0.25) is 0 Å². The van der Waals surface area contributed by atoms with Gasteiger partial charge in [-0.3, -0.25) is 10.1 Å². The summed E-state index contributed by atoms with van der Waals surface area (Å²) in [5.74, 6) is 0. The topological polar surface area (TPSA) is 119 Å². The van der Waals surface area contributed by atoms with Gasteiger partial charge in [-0.05, 0) is 25.1 Å². The SMILES string of the molecule is N#Cc1ccc(C(N)CCN)c([N+](=O)[O-])c1. The second-order valence-electron chi connectivity index (χ2n) is 3.33. The maximum Gasteiger partial charge on any atom is 0.275 e. The molecule has 0 fully saturated rings. The van der Waals surface area contributed by atoms with Gasteiger partial charge in [-0.15, -0.1) is 0 Å². The van der Waals surface area contributed by atoms with Gasteiger partial charge in [0.1, 0.15) is 0 Å². The first-order chi connectivity index (χ1) is 7.60. The molecule has 6 heteroatoms. The number of nitro benzene ring substituents is 1. The number of hydrogen-bond donors (Lipinski definition) is 2. The predicted molar refractivity (Wildman–Crippen MR) is 58.4 cm³/mol. The Balaban J connectivity index is 3.18. The van der Waals surface area contributed by atoms with Crippen molar-refractivity contribution in [1.82, 2.24) is 0 Å². The standard InChI is InChI=1S/C10H12N4O2/c11-4-3-9(13)8-2-1-7(6-12)5-10(8)14(15)16/h1-2,5,9H,3-4,11,13H2. The Bertz CT molecular complexity index is 439. The molecule has 0 saturated carbocycles. The molecule has 6 nitrogen and oxygen atoms in total. The summed E-state index contributed by atoms with van der Waals surface area (Å²) in [6.07, 6.45) is 0.465. The Morgan fingerprint density at radius 2 is 2.25 bits per heavy atom. The molecule has 0 saturated heterocycles. The van der Waals surface area contributed by atoms with Crippen LogP contribution >= 0.6 is 0 Å². The highest BCUT2D eigenvalue weighted by atomic mass is 16.6. The van der Waals surface area contributed by atoms with E-state index in [1.165, 1.54) is 18.2 Å². The van der Waals surface area contributed by atoms with Crippen LogP contribution in [0.4, 0.5) is 5.69 Å². The van der Waals surface area contributed by atoms with E-state index in [9.17, 15) is 10.1 Å². The van der Waals surface area contributed by atoms with E-state index in [0.29, 0.717) is 18.5 Å². The number of benzene rings is 1. The first-order valence-electron chi connectivity index (χ1n) is 4.74. The summed E-state index contributed by atoms with van der Waals surface area (Å²) in [5.41, 5.74) is 11.6. The zero-order valence-electron chi connectivity index (χ0n) is 8.59. The molecule has 0 aromatic heterocycles. The molecule has 1 aromatic carbocycles. The van der Waals surface area contributed by atoms with Gasteiger partial charge in [-0.1, -0.05) is 0 Å². The summed E-state index contributed by atoms with van der Waals surface area (Å²) in [6.45, 7) is 0.359. The molecule has 0 aliphatic rings. The second-order valence-corrected chi connectivity index (χ2v) is 3.33. The molecule has 1 atom stereocenters. The van der Waals surface area contributed by atoms with Gasteiger partial charge in [0.25, 0.3) is 5.69 Å². The van der Waals surface area contributed by atoms with Gasteiger partial charge in [0, 0.05) is 17.7 Å². The van der Waals surface area contributed by atoms with Gasteiger partial charge < -0.3 is 11.5 Å². The maximum atomic E-state index is 10.8. The van der Waals surface area contributed by atoms with E-state index >= 15 is 0 Å². The third kappa shape index (κ3) is 2.53. The molecule has 0 aliphatic carbocycles. The quantitative estimate of drug-likeness (QED) is 0.574. The summed E-state index contributed by atoms with van der Waals surface area (Å²) < 4.78 is 0. The van der Waals surface area contributed by atoms with Crippen molar-refractivity contribution in [2.45, 2.75) is 12.5 Å². The van der Waals surface area contributed by atoms with E-state index in [-0.39, 0.29) is 11.3 Å². The Labute approximate surface area is 92.6 Å². The van der Waals surface area contributed by atoms with Crippen molar-refractivity contribution in [3.05, 3.63) is 39.4 Å². The number of nitrogens with zero attached hydrogens (tertiary/aromatic N) is 2. The minimum absolute atomic E-state index is 0.125. The van der Waals surface area contributed by atoms with Crippen LogP contribution in [0.2, 0.25) is 0 Å². The number of nitro groups is 1. The van der Waals surface area contributed by atoms with Crippen LogP contribution < -0.4 is 11.5 Å². The van der Waals surface area contributed by atoms with Crippen molar-refractivity contribution < 1.29 is 4.92 Å².